The van der Waals surface area contributed by atoms with Gasteiger partial charge in [0.25, 0.3) is 5.91 Å². The van der Waals surface area contributed by atoms with Crippen molar-refractivity contribution in [2.45, 2.75) is 20.3 Å². The maximum atomic E-state index is 12.7. The van der Waals surface area contributed by atoms with Crippen LogP contribution in [0.2, 0.25) is 0 Å². The number of rotatable bonds is 8. The molecular formula is C23H24N2O3. The largest absolute Gasteiger partial charge is 0.494 e. The molecule has 1 heterocycles. The SMILES string of the molecule is CCOc1cc(OCC)cc(C(=O)Nc2ccc(Cc3ccncc3)cc2)c1. The molecule has 0 bridgehead atoms. The van der Waals surface area contributed by atoms with Gasteiger partial charge in [0.1, 0.15) is 11.5 Å². The number of hydrogen-bond donors (Lipinski definition) is 1. The summed E-state index contributed by atoms with van der Waals surface area (Å²) in [7, 11) is 0. The highest BCUT2D eigenvalue weighted by molar-refractivity contribution is 6.04. The van der Waals surface area contributed by atoms with Crippen molar-refractivity contribution in [3.63, 3.8) is 0 Å². The van der Waals surface area contributed by atoms with E-state index < -0.39 is 0 Å². The number of nitrogens with zero attached hydrogens (tertiary/aromatic N) is 1. The van der Waals surface area contributed by atoms with E-state index in [4.69, 9.17) is 9.47 Å². The Kier molecular flexibility index (Phi) is 6.63. The predicted octanol–water partition coefficient (Wildman–Crippen LogP) is 4.72. The molecule has 5 nitrogen and oxygen atoms in total. The van der Waals surface area contributed by atoms with Gasteiger partial charge in [0.2, 0.25) is 0 Å². The molecule has 28 heavy (non-hydrogen) atoms. The van der Waals surface area contributed by atoms with Crippen LogP contribution in [0.5, 0.6) is 11.5 Å². The molecule has 0 saturated heterocycles. The van der Waals surface area contributed by atoms with E-state index in [1.807, 2.05) is 50.2 Å². The number of pyridine rings is 1. The van der Waals surface area contributed by atoms with Crippen LogP contribution >= 0.6 is 0 Å². The first-order valence-electron chi connectivity index (χ1n) is 9.37. The van der Waals surface area contributed by atoms with E-state index in [0.29, 0.717) is 30.3 Å². The fourth-order valence-corrected chi connectivity index (χ4v) is 2.85. The smallest absolute Gasteiger partial charge is 0.255 e. The Morgan fingerprint density at radius 3 is 2.00 bits per heavy atom. The van der Waals surface area contributed by atoms with Gasteiger partial charge in [0.15, 0.2) is 0 Å². The summed E-state index contributed by atoms with van der Waals surface area (Å²) in [5.74, 6) is 1.03. The normalized spacial score (nSPS) is 10.4. The van der Waals surface area contributed by atoms with Crippen LogP contribution in [-0.4, -0.2) is 24.1 Å². The van der Waals surface area contributed by atoms with Gasteiger partial charge in [-0.05, 0) is 67.8 Å². The fourth-order valence-electron chi connectivity index (χ4n) is 2.85. The molecule has 0 radical (unpaired) electrons. The highest BCUT2D eigenvalue weighted by atomic mass is 16.5. The lowest BCUT2D eigenvalue weighted by Crippen LogP contribution is -2.12. The van der Waals surface area contributed by atoms with Crippen LogP contribution in [0, 0.1) is 0 Å². The van der Waals surface area contributed by atoms with Gasteiger partial charge in [0, 0.05) is 29.7 Å². The highest BCUT2D eigenvalue weighted by Gasteiger charge is 2.11. The minimum atomic E-state index is -0.204. The van der Waals surface area contributed by atoms with Gasteiger partial charge in [-0.1, -0.05) is 12.1 Å². The standard InChI is InChI=1S/C23H24N2O3/c1-3-27-21-14-19(15-22(16-21)28-4-2)23(26)25-20-7-5-17(6-8-20)13-18-9-11-24-12-10-18/h5-12,14-16H,3-4,13H2,1-2H3,(H,25,26). The maximum Gasteiger partial charge on any atom is 0.255 e. The summed E-state index contributed by atoms with van der Waals surface area (Å²) in [6, 6.07) is 17.1. The van der Waals surface area contributed by atoms with Gasteiger partial charge >= 0.3 is 0 Å². The summed E-state index contributed by atoms with van der Waals surface area (Å²) < 4.78 is 11.1. The molecule has 0 unspecified atom stereocenters. The van der Waals surface area contributed by atoms with E-state index in [1.165, 1.54) is 11.1 Å². The maximum absolute atomic E-state index is 12.7. The minimum Gasteiger partial charge on any atom is -0.494 e. The van der Waals surface area contributed by atoms with E-state index in [9.17, 15) is 4.79 Å². The second-order valence-electron chi connectivity index (χ2n) is 6.24. The fraction of sp³-hybridized carbons (Fsp3) is 0.217. The average Bonchev–Trinajstić information content (AvgIpc) is 2.70. The number of amides is 1. The van der Waals surface area contributed by atoms with Crippen molar-refractivity contribution in [3.8, 4) is 11.5 Å². The molecule has 1 amide bonds. The zero-order valence-corrected chi connectivity index (χ0v) is 16.1. The Labute approximate surface area is 165 Å². The van der Waals surface area contributed by atoms with E-state index in [0.717, 1.165) is 12.1 Å². The lowest BCUT2D eigenvalue weighted by Gasteiger charge is -2.11. The van der Waals surface area contributed by atoms with Gasteiger partial charge in [-0.2, -0.15) is 0 Å². The second-order valence-corrected chi connectivity index (χ2v) is 6.24. The molecule has 1 N–H and O–H groups in total. The van der Waals surface area contributed by atoms with Gasteiger partial charge < -0.3 is 14.8 Å². The van der Waals surface area contributed by atoms with Crippen molar-refractivity contribution in [1.29, 1.82) is 0 Å². The van der Waals surface area contributed by atoms with Crippen LogP contribution < -0.4 is 14.8 Å². The summed E-state index contributed by atoms with van der Waals surface area (Å²) in [5.41, 5.74) is 3.60. The second kappa shape index (κ2) is 9.55. The van der Waals surface area contributed by atoms with Crippen LogP contribution in [0.4, 0.5) is 5.69 Å². The highest BCUT2D eigenvalue weighted by Crippen LogP contribution is 2.24. The molecule has 3 aromatic rings. The van der Waals surface area contributed by atoms with Crippen molar-refractivity contribution >= 4 is 11.6 Å². The molecule has 0 saturated carbocycles. The van der Waals surface area contributed by atoms with Crippen molar-refractivity contribution in [3.05, 3.63) is 83.7 Å². The Balaban J connectivity index is 1.70. The Bertz CT molecular complexity index is 885. The first-order chi connectivity index (χ1) is 13.7. The summed E-state index contributed by atoms with van der Waals surface area (Å²) in [5, 5.41) is 2.93. The minimum absolute atomic E-state index is 0.204. The molecule has 5 heteroatoms. The molecule has 0 atom stereocenters. The molecule has 0 aliphatic rings. The Morgan fingerprint density at radius 2 is 1.43 bits per heavy atom. The summed E-state index contributed by atoms with van der Waals surface area (Å²) >= 11 is 0. The van der Waals surface area contributed by atoms with Gasteiger partial charge in [-0.25, -0.2) is 0 Å². The van der Waals surface area contributed by atoms with Crippen LogP contribution in [0.15, 0.2) is 67.0 Å². The van der Waals surface area contributed by atoms with Crippen molar-refractivity contribution in [2.24, 2.45) is 0 Å². The van der Waals surface area contributed by atoms with E-state index in [1.54, 1.807) is 30.6 Å². The molecule has 0 aliphatic carbocycles. The average molecular weight is 376 g/mol. The zero-order chi connectivity index (χ0) is 19.8. The molecule has 0 spiro atoms. The van der Waals surface area contributed by atoms with Crippen LogP contribution in [0.3, 0.4) is 0 Å². The third-order valence-electron chi connectivity index (χ3n) is 4.13. The molecule has 3 rings (SSSR count). The van der Waals surface area contributed by atoms with Gasteiger partial charge in [-0.15, -0.1) is 0 Å². The number of anilines is 1. The first-order valence-corrected chi connectivity index (χ1v) is 9.37. The third-order valence-corrected chi connectivity index (χ3v) is 4.13. The van der Waals surface area contributed by atoms with Crippen molar-refractivity contribution in [2.75, 3.05) is 18.5 Å². The molecular weight excluding hydrogens is 352 g/mol. The van der Waals surface area contributed by atoms with E-state index >= 15 is 0 Å². The zero-order valence-electron chi connectivity index (χ0n) is 16.1. The van der Waals surface area contributed by atoms with Gasteiger partial charge in [-0.3, -0.25) is 9.78 Å². The predicted molar refractivity (Wildman–Crippen MR) is 110 cm³/mol. The molecule has 2 aromatic carbocycles. The molecule has 0 aliphatic heterocycles. The topological polar surface area (TPSA) is 60.5 Å². The molecule has 0 fully saturated rings. The van der Waals surface area contributed by atoms with Crippen molar-refractivity contribution in [1.82, 2.24) is 4.98 Å². The monoisotopic (exact) mass is 376 g/mol. The van der Waals surface area contributed by atoms with Crippen LogP contribution in [0.25, 0.3) is 0 Å². The van der Waals surface area contributed by atoms with E-state index in [-0.39, 0.29) is 5.91 Å². The first kappa shape index (κ1) is 19.4. The summed E-state index contributed by atoms with van der Waals surface area (Å²) in [6.07, 6.45) is 4.40. The quantitative estimate of drug-likeness (QED) is 0.618. The number of hydrogen-bond acceptors (Lipinski definition) is 4. The summed E-state index contributed by atoms with van der Waals surface area (Å²) in [6.45, 7) is 4.85. The number of ether oxygens (including phenoxy) is 2. The third kappa shape index (κ3) is 5.33. The molecule has 1 aromatic heterocycles. The number of aromatic nitrogens is 1. The lowest BCUT2D eigenvalue weighted by atomic mass is 10.1. The van der Waals surface area contributed by atoms with Crippen LogP contribution in [-0.2, 0) is 6.42 Å². The number of nitrogens with one attached hydrogen (secondary N) is 1. The summed E-state index contributed by atoms with van der Waals surface area (Å²) in [4.78, 5) is 16.7. The Morgan fingerprint density at radius 1 is 0.857 bits per heavy atom. The number of carbonyl (C=O) groups is 1. The van der Waals surface area contributed by atoms with Crippen molar-refractivity contribution < 1.29 is 14.3 Å². The van der Waals surface area contributed by atoms with Crippen LogP contribution in [0.1, 0.15) is 35.3 Å². The Hall–Kier alpha value is -3.34. The van der Waals surface area contributed by atoms with E-state index in [2.05, 4.69) is 10.3 Å². The number of benzene rings is 2. The van der Waals surface area contributed by atoms with Gasteiger partial charge in [0.05, 0.1) is 13.2 Å². The number of carbonyl (C=O) groups excluding carboxylic acids is 1. The lowest BCUT2D eigenvalue weighted by molar-refractivity contribution is 0.102. The molecule has 144 valence electrons.